The number of aromatic nitrogens is 1. The van der Waals surface area contributed by atoms with Crippen molar-refractivity contribution in [2.24, 2.45) is 0 Å². The third-order valence-corrected chi connectivity index (χ3v) is 5.06. The van der Waals surface area contributed by atoms with E-state index in [1.54, 1.807) is 12.5 Å². The van der Waals surface area contributed by atoms with Crippen LogP contribution < -0.4 is 15.4 Å². The average Bonchev–Trinajstić information content (AvgIpc) is 3.15. The molecule has 0 spiro atoms. The first-order valence-corrected chi connectivity index (χ1v) is 10.2. The Morgan fingerprint density at radius 2 is 1.76 bits per heavy atom. The number of nitrogens with zero attached hydrogens (tertiary/aromatic N) is 1. The zero-order valence-corrected chi connectivity index (χ0v) is 17.0. The van der Waals surface area contributed by atoms with Gasteiger partial charge in [-0.15, -0.1) is 11.3 Å². The van der Waals surface area contributed by atoms with Crippen LogP contribution in [-0.2, 0) is 28.9 Å². The second-order valence-electron chi connectivity index (χ2n) is 6.44. The molecule has 0 aliphatic rings. The van der Waals surface area contributed by atoms with Crippen molar-refractivity contribution >= 4 is 28.3 Å². The molecule has 0 bridgehead atoms. The molecule has 2 aromatic carbocycles. The van der Waals surface area contributed by atoms with E-state index in [0.717, 1.165) is 16.9 Å². The van der Waals surface area contributed by atoms with Crippen molar-refractivity contribution in [2.75, 3.05) is 19.0 Å². The minimum Gasteiger partial charge on any atom is -0.496 e. The Kier molecular flexibility index (Phi) is 7.35. The van der Waals surface area contributed by atoms with Crippen LogP contribution in [0.15, 0.2) is 60.0 Å². The van der Waals surface area contributed by atoms with Gasteiger partial charge in [0.15, 0.2) is 5.13 Å². The lowest BCUT2D eigenvalue weighted by atomic mass is 10.1. The summed E-state index contributed by atoms with van der Waals surface area (Å²) in [7, 11) is 1.63. The van der Waals surface area contributed by atoms with E-state index in [1.165, 1.54) is 11.3 Å². The van der Waals surface area contributed by atoms with Crippen LogP contribution in [0.25, 0.3) is 0 Å². The van der Waals surface area contributed by atoms with Gasteiger partial charge in [-0.1, -0.05) is 48.5 Å². The molecule has 0 radical (unpaired) electrons. The van der Waals surface area contributed by atoms with Crippen molar-refractivity contribution in [1.82, 2.24) is 10.3 Å². The highest BCUT2D eigenvalue weighted by molar-refractivity contribution is 7.13. The van der Waals surface area contributed by atoms with E-state index < -0.39 is 0 Å². The monoisotopic (exact) mass is 409 g/mol. The quantitative estimate of drug-likeness (QED) is 0.569. The first-order chi connectivity index (χ1) is 14.1. The highest BCUT2D eigenvalue weighted by Crippen LogP contribution is 2.18. The van der Waals surface area contributed by atoms with Gasteiger partial charge in [-0.2, -0.15) is 0 Å². The van der Waals surface area contributed by atoms with E-state index in [1.807, 2.05) is 54.6 Å². The largest absolute Gasteiger partial charge is 0.496 e. The summed E-state index contributed by atoms with van der Waals surface area (Å²) < 4.78 is 5.31. The lowest BCUT2D eigenvalue weighted by Gasteiger charge is -2.08. The number of hydrogen-bond donors (Lipinski definition) is 2. The summed E-state index contributed by atoms with van der Waals surface area (Å²) in [5.41, 5.74) is 2.63. The number of amides is 2. The molecule has 2 N–H and O–H groups in total. The predicted octanol–water partition coefficient (Wildman–Crippen LogP) is 3.23. The van der Waals surface area contributed by atoms with Crippen molar-refractivity contribution in [3.63, 3.8) is 0 Å². The molecule has 150 valence electrons. The number of nitrogens with one attached hydrogen (secondary N) is 2. The van der Waals surface area contributed by atoms with E-state index in [-0.39, 0.29) is 18.2 Å². The van der Waals surface area contributed by atoms with Gasteiger partial charge >= 0.3 is 0 Å². The van der Waals surface area contributed by atoms with Crippen molar-refractivity contribution in [1.29, 1.82) is 0 Å². The van der Waals surface area contributed by atoms with Gasteiger partial charge in [0, 0.05) is 11.9 Å². The topological polar surface area (TPSA) is 80.3 Å². The lowest BCUT2D eigenvalue weighted by molar-refractivity contribution is -0.120. The van der Waals surface area contributed by atoms with Gasteiger partial charge in [0.1, 0.15) is 5.75 Å². The fourth-order valence-corrected chi connectivity index (χ4v) is 3.59. The number of benzene rings is 2. The van der Waals surface area contributed by atoms with Crippen LogP contribution in [0.5, 0.6) is 5.75 Å². The second-order valence-corrected chi connectivity index (χ2v) is 7.30. The number of methoxy groups -OCH3 is 1. The third kappa shape index (κ3) is 6.43. The fourth-order valence-electron chi connectivity index (χ4n) is 2.86. The molecular formula is C22H23N3O3S. The molecule has 1 aromatic heterocycles. The number of carbonyl (C=O) groups excluding carboxylic acids is 2. The van der Waals surface area contributed by atoms with Crippen molar-refractivity contribution < 1.29 is 14.3 Å². The molecule has 0 saturated heterocycles. The number of carbonyl (C=O) groups is 2. The molecule has 0 fully saturated rings. The Bertz CT molecular complexity index is 957. The van der Waals surface area contributed by atoms with E-state index in [0.29, 0.717) is 30.2 Å². The number of anilines is 1. The van der Waals surface area contributed by atoms with Crippen LogP contribution in [0.2, 0.25) is 0 Å². The minimum absolute atomic E-state index is 0.104. The number of hydrogen-bond acceptors (Lipinski definition) is 5. The van der Waals surface area contributed by atoms with Crippen LogP contribution in [0.3, 0.4) is 0 Å². The van der Waals surface area contributed by atoms with Gasteiger partial charge in [-0.25, -0.2) is 4.98 Å². The summed E-state index contributed by atoms with van der Waals surface area (Å²) in [6, 6.07) is 17.3. The molecule has 7 heteroatoms. The van der Waals surface area contributed by atoms with Crippen molar-refractivity contribution in [3.05, 3.63) is 76.8 Å². The molecule has 0 unspecified atom stereocenters. The van der Waals surface area contributed by atoms with Gasteiger partial charge < -0.3 is 15.4 Å². The normalized spacial score (nSPS) is 10.4. The maximum Gasteiger partial charge on any atom is 0.230 e. The zero-order chi connectivity index (χ0) is 20.5. The Labute approximate surface area is 173 Å². The molecule has 29 heavy (non-hydrogen) atoms. The second kappa shape index (κ2) is 10.4. The fraction of sp³-hybridized carbons (Fsp3) is 0.227. The standard InChI is InChI=1S/C22H23N3O3S/c1-28-19-10-6-5-9-17(19)11-12-23-20(26)14-18-15-29-22(24-18)25-21(27)13-16-7-3-2-4-8-16/h2-10,15H,11-14H2,1H3,(H,23,26)(H,24,25,27). The molecule has 6 nitrogen and oxygen atoms in total. The predicted molar refractivity (Wildman–Crippen MR) is 114 cm³/mol. The summed E-state index contributed by atoms with van der Waals surface area (Å²) in [6.07, 6.45) is 1.16. The smallest absolute Gasteiger partial charge is 0.230 e. The van der Waals surface area contributed by atoms with Crippen LogP contribution in [0, 0.1) is 0 Å². The maximum atomic E-state index is 12.2. The average molecular weight is 410 g/mol. The van der Waals surface area contributed by atoms with Gasteiger partial charge in [-0.3, -0.25) is 9.59 Å². The van der Waals surface area contributed by atoms with E-state index in [4.69, 9.17) is 4.74 Å². The Morgan fingerprint density at radius 3 is 2.55 bits per heavy atom. The number of para-hydroxylation sites is 1. The van der Waals surface area contributed by atoms with Crippen LogP contribution in [0.1, 0.15) is 16.8 Å². The number of ether oxygens (including phenoxy) is 1. The van der Waals surface area contributed by atoms with Gasteiger partial charge in [0.2, 0.25) is 11.8 Å². The van der Waals surface area contributed by atoms with E-state index in [2.05, 4.69) is 15.6 Å². The Hall–Kier alpha value is -3.19. The molecule has 0 aliphatic heterocycles. The van der Waals surface area contributed by atoms with Crippen LogP contribution in [0.4, 0.5) is 5.13 Å². The van der Waals surface area contributed by atoms with E-state index >= 15 is 0 Å². The van der Waals surface area contributed by atoms with E-state index in [9.17, 15) is 9.59 Å². The molecular weight excluding hydrogens is 386 g/mol. The molecule has 3 aromatic rings. The summed E-state index contributed by atoms with van der Waals surface area (Å²) in [5.74, 6) is 0.586. The summed E-state index contributed by atoms with van der Waals surface area (Å²) in [4.78, 5) is 28.6. The molecule has 0 saturated carbocycles. The van der Waals surface area contributed by atoms with Gasteiger partial charge in [0.05, 0.1) is 25.6 Å². The van der Waals surface area contributed by atoms with Crippen molar-refractivity contribution in [2.45, 2.75) is 19.3 Å². The summed E-state index contributed by atoms with van der Waals surface area (Å²) >= 11 is 1.32. The minimum atomic E-state index is -0.127. The molecule has 0 aliphatic carbocycles. The first-order valence-electron chi connectivity index (χ1n) is 9.31. The molecule has 2 amide bonds. The Balaban J connectivity index is 1.43. The number of rotatable bonds is 9. The van der Waals surface area contributed by atoms with Gasteiger partial charge in [0.25, 0.3) is 0 Å². The number of thiazole rings is 1. The van der Waals surface area contributed by atoms with Crippen molar-refractivity contribution in [3.8, 4) is 5.75 Å². The lowest BCUT2D eigenvalue weighted by Crippen LogP contribution is -2.27. The molecule has 1 heterocycles. The van der Waals surface area contributed by atoms with Crippen LogP contribution in [-0.4, -0.2) is 30.5 Å². The highest BCUT2D eigenvalue weighted by Gasteiger charge is 2.11. The molecule has 0 atom stereocenters. The maximum absolute atomic E-state index is 12.2. The Morgan fingerprint density at radius 1 is 1.00 bits per heavy atom. The molecule has 3 rings (SSSR count). The van der Waals surface area contributed by atoms with Gasteiger partial charge in [-0.05, 0) is 23.6 Å². The SMILES string of the molecule is COc1ccccc1CCNC(=O)Cc1csc(NC(=O)Cc2ccccc2)n1. The third-order valence-electron chi connectivity index (χ3n) is 4.26. The summed E-state index contributed by atoms with van der Waals surface area (Å²) in [5, 5.41) is 7.97. The highest BCUT2D eigenvalue weighted by atomic mass is 32.1. The zero-order valence-electron chi connectivity index (χ0n) is 16.2. The first kappa shape index (κ1) is 20.5. The van der Waals surface area contributed by atoms with Crippen LogP contribution >= 0.6 is 11.3 Å². The summed E-state index contributed by atoms with van der Waals surface area (Å²) in [6.45, 7) is 0.518.